The number of nitrogens with zero attached hydrogens (tertiary/aromatic N) is 3. The number of unbranched alkanes of at least 4 members (excludes halogenated alkanes) is 4. The fourth-order valence-corrected chi connectivity index (χ4v) is 6.40. The Morgan fingerprint density at radius 2 is 1.53 bits per heavy atom. The molecule has 1 fully saturated rings. The summed E-state index contributed by atoms with van der Waals surface area (Å²) in [7, 11) is 0. The van der Waals surface area contributed by atoms with E-state index in [0.29, 0.717) is 30.8 Å². The Labute approximate surface area is 302 Å². The third-order valence-corrected chi connectivity index (χ3v) is 9.66. The van der Waals surface area contributed by atoms with E-state index in [9.17, 15) is 19.8 Å². The van der Waals surface area contributed by atoms with Crippen LogP contribution in [0.3, 0.4) is 0 Å². The number of amides is 1. The van der Waals surface area contributed by atoms with Crippen molar-refractivity contribution < 1.29 is 24.5 Å². The minimum atomic E-state index is -1.06. The van der Waals surface area contributed by atoms with E-state index in [4.69, 9.17) is 4.74 Å². The molecule has 4 aromatic rings. The van der Waals surface area contributed by atoms with Crippen molar-refractivity contribution in [2.24, 2.45) is 5.92 Å². The summed E-state index contributed by atoms with van der Waals surface area (Å²) in [4.78, 5) is 36.0. The largest absolute Gasteiger partial charge is 0.494 e. The van der Waals surface area contributed by atoms with Crippen LogP contribution in [-0.4, -0.2) is 68.9 Å². The van der Waals surface area contributed by atoms with Crippen LogP contribution in [-0.2, 0) is 16.6 Å². The monoisotopic (exact) mass is 692 g/mol. The molecule has 0 aliphatic carbocycles. The molecule has 270 valence electrons. The number of carboxylic acids is 1. The average molecular weight is 693 g/mol. The quantitative estimate of drug-likeness (QED) is 0.103. The average Bonchev–Trinajstić information content (AvgIpc) is 3.64. The summed E-state index contributed by atoms with van der Waals surface area (Å²) >= 11 is 0. The number of aromatic nitrogens is 2. The molecule has 0 bridgehead atoms. The van der Waals surface area contributed by atoms with E-state index in [1.54, 1.807) is 17.0 Å². The Morgan fingerprint density at radius 3 is 2.14 bits per heavy atom. The number of carboxylic acid groups (broad SMARTS) is 1. The first kappa shape index (κ1) is 37.7. The lowest BCUT2D eigenvalue weighted by Crippen LogP contribution is -2.52. The molecule has 9 heteroatoms. The summed E-state index contributed by atoms with van der Waals surface area (Å²) in [5.41, 5.74) is 5.24. The molecule has 0 saturated carbocycles. The fourth-order valence-electron chi connectivity index (χ4n) is 6.40. The molecule has 9 nitrogen and oxygen atoms in total. The van der Waals surface area contributed by atoms with Gasteiger partial charge >= 0.3 is 5.97 Å². The van der Waals surface area contributed by atoms with Gasteiger partial charge in [-0.3, -0.25) is 14.5 Å². The van der Waals surface area contributed by atoms with Crippen LogP contribution < -0.4 is 10.1 Å². The molecule has 0 spiro atoms. The number of aliphatic carboxylic acids is 1. The van der Waals surface area contributed by atoms with Crippen molar-refractivity contribution >= 4 is 11.9 Å². The number of hydrogen-bond donors (Lipinski definition) is 3. The van der Waals surface area contributed by atoms with Gasteiger partial charge in [0.2, 0.25) is 0 Å². The fraction of sp³-hybridized carbons (Fsp3) is 0.429. The molecule has 1 aromatic heterocycles. The standard InChI is InChI=1S/C42H52N4O5/c1-5-6-7-8-9-24-51-36-20-16-30(17-21-36)34-26-43-38(44-27-34)31-12-10-29(11-13-31)25-37(40(48)46-23-22-33(28-46)41(49)50)45-39(47)32-14-18-35(19-15-32)42(2,3)4/h10-21,26-27,33,37,40,48H,5-9,22-25,28H2,1-4H3,(H,45,47)(H,49,50)/t33-,37-,40?/m0/s1. The Balaban J connectivity index is 1.23. The van der Waals surface area contributed by atoms with E-state index in [1.165, 1.54) is 25.7 Å². The number of hydrogen-bond acceptors (Lipinski definition) is 7. The number of rotatable bonds is 16. The molecule has 51 heavy (non-hydrogen) atoms. The zero-order valence-corrected chi connectivity index (χ0v) is 30.3. The maximum atomic E-state index is 13.4. The number of carbonyl (C=O) groups excluding carboxylic acids is 1. The van der Waals surface area contributed by atoms with Gasteiger partial charge in [-0.05, 0) is 65.6 Å². The van der Waals surface area contributed by atoms with E-state index >= 15 is 0 Å². The van der Waals surface area contributed by atoms with Crippen LogP contribution in [0.2, 0.25) is 0 Å². The lowest BCUT2D eigenvalue weighted by Gasteiger charge is -2.31. The van der Waals surface area contributed by atoms with Gasteiger partial charge in [0.05, 0.1) is 18.6 Å². The first-order chi connectivity index (χ1) is 24.5. The number of aliphatic hydroxyl groups is 1. The summed E-state index contributed by atoms with van der Waals surface area (Å²) < 4.78 is 5.90. The third kappa shape index (κ3) is 10.5. The first-order valence-electron chi connectivity index (χ1n) is 18.2. The van der Waals surface area contributed by atoms with Gasteiger partial charge < -0.3 is 20.3 Å². The summed E-state index contributed by atoms with van der Waals surface area (Å²) in [5.74, 6) is -0.260. The molecule has 5 rings (SSSR count). The zero-order chi connectivity index (χ0) is 36.4. The van der Waals surface area contributed by atoms with E-state index in [1.807, 2.05) is 73.1 Å². The van der Waals surface area contributed by atoms with E-state index < -0.39 is 24.2 Å². The molecule has 3 atom stereocenters. The highest BCUT2D eigenvalue weighted by molar-refractivity contribution is 5.94. The molecule has 3 aromatic carbocycles. The van der Waals surface area contributed by atoms with Crippen molar-refractivity contribution in [3.63, 3.8) is 0 Å². The smallest absolute Gasteiger partial charge is 0.307 e. The number of aliphatic hydroxyl groups excluding tert-OH is 1. The minimum Gasteiger partial charge on any atom is -0.494 e. The van der Waals surface area contributed by atoms with Gasteiger partial charge in [0.15, 0.2) is 5.82 Å². The molecular formula is C42H52N4O5. The van der Waals surface area contributed by atoms with E-state index in [2.05, 4.69) is 43.0 Å². The van der Waals surface area contributed by atoms with Gasteiger partial charge in [-0.25, -0.2) is 9.97 Å². The van der Waals surface area contributed by atoms with Gasteiger partial charge in [-0.2, -0.15) is 0 Å². The Kier molecular flexibility index (Phi) is 13.0. The van der Waals surface area contributed by atoms with Crippen LogP contribution >= 0.6 is 0 Å². The summed E-state index contributed by atoms with van der Waals surface area (Å²) in [6.07, 6.45) is 9.41. The van der Waals surface area contributed by atoms with Gasteiger partial charge in [0.25, 0.3) is 5.91 Å². The second-order valence-electron chi connectivity index (χ2n) is 14.6. The molecule has 1 saturated heterocycles. The molecule has 3 N–H and O–H groups in total. The highest BCUT2D eigenvalue weighted by atomic mass is 16.5. The van der Waals surface area contributed by atoms with Gasteiger partial charge in [-0.15, -0.1) is 0 Å². The SMILES string of the molecule is CCCCCCCOc1ccc(-c2cnc(-c3ccc(C[C@H](NC(=O)c4ccc(C(C)(C)C)cc4)C(O)N4CC[C@H](C(=O)O)C4)cc3)nc2)cc1. The number of benzene rings is 3. The van der Waals surface area contributed by atoms with Crippen molar-refractivity contribution in [3.05, 3.63) is 102 Å². The lowest BCUT2D eigenvalue weighted by molar-refractivity contribution is -0.141. The Bertz CT molecular complexity index is 1700. The van der Waals surface area contributed by atoms with Crippen molar-refractivity contribution in [1.82, 2.24) is 20.2 Å². The number of likely N-dealkylation sites (tertiary alicyclic amines) is 1. The predicted octanol–water partition coefficient (Wildman–Crippen LogP) is 7.52. The summed E-state index contributed by atoms with van der Waals surface area (Å²) in [6.45, 7) is 9.97. The van der Waals surface area contributed by atoms with Crippen molar-refractivity contribution in [1.29, 1.82) is 0 Å². The Hall–Kier alpha value is -4.60. The Morgan fingerprint density at radius 1 is 0.882 bits per heavy atom. The molecule has 1 unspecified atom stereocenters. The number of ether oxygens (including phenoxy) is 1. The highest BCUT2D eigenvalue weighted by Crippen LogP contribution is 2.26. The second kappa shape index (κ2) is 17.6. The van der Waals surface area contributed by atoms with Crippen LogP contribution in [0.15, 0.2) is 85.2 Å². The zero-order valence-electron chi connectivity index (χ0n) is 30.3. The van der Waals surface area contributed by atoms with Gasteiger partial charge in [0.1, 0.15) is 12.0 Å². The maximum absolute atomic E-state index is 13.4. The second-order valence-corrected chi connectivity index (χ2v) is 14.6. The molecule has 1 amide bonds. The van der Waals surface area contributed by atoms with Gasteiger partial charge in [-0.1, -0.05) is 102 Å². The van der Waals surface area contributed by atoms with Crippen LogP contribution in [0.25, 0.3) is 22.5 Å². The summed E-state index contributed by atoms with van der Waals surface area (Å²) in [6, 6.07) is 22.6. The maximum Gasteiger partial charge on any atom is 0.307 e. The van der Waals surface area contributed by atoms with Crippen molar-refractivity contribution in [3.8, 4) is 28.3 Å². The number of carbonyl (C=O) groups is 2. The lowest BCUT2D eigenvalue weighted by atomic mass is 9.86. The van der Waals surface area contributed by atoms with Crippen LogP contribution in [0.5, 0.6) is 5.75 Å². The van der Waals surface area contributed by atoms with Gasteiger partial charge in [0, 0.05) is 42.2 Å². The molecule has 0 radical (unpaired) electrons. The van der Waals surface area contributed by atoms with E-state index in [-0.39, 0.29) is 17.9 Å². The first-order valence-corrected chi connectivity index (χ1v) is 18.2. The van der Waals surface area contributed by atoms with Crippen LogP contribution in [0, 0.1) is 5.92 Å². The van der Waals surface area contributed by atoms with Crippen molar-refractivity contribution in [2.45, 2.75) is 90.3 Å². The molecule has 2 heterocycles. The molecular weight excluding hydrogens is 640 g/mol. The third-order valence-electron chi connectivity index (χ3n) is 9.66. The van der Waals surface area contributed by atoms with Crippen LogP contribution in [0.1, 0.15) is 87.7 Å². The van der Waals surface area contributed by atoms with E-state index in [0.717, 1.165) is 46.6 Å². The van der Waals surface area contributed by atoms with Crippen LogP contribution in [0.4, 0.5) is 0 Å². The normalized spacial score (nSPS) is 16.1. The topological polar surface area (TPSA) is 125 Å². The minimum absolute atomic E-state index is 0.0435. The summed E-state index contributed by atoms with van der Waals surface area (Å²) in [5, 5.41) is 24.0. The highest BCUT2D eigenvalue weighted by Gasteiger charge is 2.35. The van der Waals surface area contributed by atoms with Crippen molar-refractivity contribution in [2.75, 3.05) is 19.7 Å². The predicted molar refractivity (Wildman–Crippen MR) is 201 cm³/mol. The molecule has 1 aliphatic heterocycles. The number of nitrogens with one attached hydrogen (secondary N) is 1. The molecule has 1 aliphatic rings.